The Hall–Kier alpha value is 0.240. The van der Waals surface area contributed by atoms with Gasteiger partial charge in [0.1, 0.15) is 0 Å². The van der Waals surface area contributed by atoms with Crippen molar-refractivity contribution in [2.75, 3.05) is 0 Å². The van der Waals surface area contributed by atoms with Crippen LogP contribution >= 0.6 is 35.3 Å². The molecule has 0 aliphatic carbocycles. The second-order valence-corrected chi connectivity index (χ2v) is 3.74. The van der Waals surface area contributed by atoms with E-state index >= 15 is 0 Å². The normalized spacial score (nSPS) is 12.3. The van der Waals surface area contributed by atoms with Gasteiger partial charge in [0.05, 0.1) is 4.34 Å². The minimum atomic E-state index is 0. The number of thiophene rings is 1. The minimum absolute atomic E-state index is 0. The summed E-state index contributed by atoms with van der Waals surface area (Å²) in [7, 11) is 0. The van der Waals surface area contributed by atoms with Gasteiger partial charge in [-0.1, -0.05) is 18.5 Å². The van der Waals surface area contributed by atoms with Gasteiger partial charge >= 0.3 is 0 Å². The van der Waals surface area contributed by atoms with Crippen molar-refractivity contribution in [1.29, 1.82) is 0 Å². The van der Waals surface area contributed by atoms with Gasteiger partial charge in [0.15, 0.2) is 0 Å². The van der Waals surface area contributed by atoms with Crippen molar-refractivity contribution < 1.29 is 0 Å². The van der Waals surface area contributed by atoms with Gasteiger partial charge in [-0.05, 0) is 23.4 Å². The Morgan fingerprint density at radius 3 is 2.73 bits per heavy atom. The molecule has 2 N–H and O–H groups in total. The lowest BCUT2D eigenvalue weighted by atomic mass is 10.1. The summed E-state index contributed by atoms with van der Waals surface area (Å²) in [5, 5.41) is 2.01. The first-order valence-electron chi connectivity index (χ1n) is 3.23. The molecule has 0 aromatic carbocycles. The van der Waals surface area contributed by atoms with Crippen LogP contribution in [0.3, 0.4) is 0 Å². The molecule has 0 amide bonds. The molecule has 1 rings (SSSR count). The monoisotopic (exact) mass is 211 g/mol. The topological polar surface area (TPSA) is 26.0 Å². The van der Waals surface area contributed by atoms with E-state index in [1.54, 1.807) is 0 Å². The fourth-order valence-electron chi connectivity index (χ4n) is 0.754. The van der Waals surface area contributed by atoms with Gasteiger partial charge in [0, 0.05) is 6.04 Å². The fourth-order valence-corrected chi connectivity index (χ4v) is 1.71. The molecule has 1 nitrogen and oxygen atoms in total. The quantitative estimate of drug-likeness (QED) is 0.800. The van der Waals surface area contributed by atoms with Gasteiger partial charge in [-0.3, -0.25) is 0 Å². The molecule has 0 unspecified atom stereocenters. The van der Waals surface area contributed by atoms with Crippen molar-refractivity contribution in [3.8, 4) is 0 Å². The SMILES string of the molecule is CC[C@@H](N)c1csc(Cl)c1.Cl. The van der Waals surface area contributed by atoms with Crippen LogP contribution in [0.4, 0.5) is 0 Å². The van der Waals surface area contributed by atoms with E-state index in [2.05, 4.69) is 6.92 Å². The number of hydrogen-bond donors (Lipinski definition) is 1. The van der Waals surface area contributed by atoms with Gasteiger partial charge < -0.3 is 5.73 Å². The highest BCUT2D eigenvalue weighted by Crippen LogP contribution is 2.24. The molecule has 0 fully saturated rings. The van der Waals surface area contributed by atoms with E-state index in [1.165, 1.54) is 11.3 Å². The average Bonchev–Trinajstić information content (AvgIpc) is 2.34. The highest BCUT2D eigenvalue weighted by atomic mass is 35.5. The molecule has 1 aromatic rings. The fraction of sp³-hybridized carbons (Fsp3) is 0.429. The Kier molecular flexibility index (Phi) is 5.10. The summed E-state index contributed by atoms with van der Waals surface area (Å²) in [6.45, 7) is 2.07. The van der Waals surface area contributed by atoms with Crippen molar-refractivity contribution in [3.05, 3.63) is 21.3 Å². The summed E-state index contributed by atoms with van der Waals surface area (Å²) in [6.07, 6.45) is 0.965. The van der Waals surface area contributed by atoms with Crippen molar-refractivity contribution in [2.24, 2.45) is 5.73 Å². The van der Waals surface area contributed by atoms with E-state index < -0.39 is 0 Å². The Bertz CT molecular complexity index is 212. The molecular weight excluding hydrogens is 201 g/mol. The van der Waals surface area contributed by atoms with Crippen LogP contribution in [0.1, 0.15) is 24.9 Å². The molecule has 1 atom stereocenters. The molecule has 0 saturated carbocycles. The summed E-state index contributed by atoms with van der Waals surface area (Å²) < 4.78 is 0.818. The summed E-state index contributed by atoms with van der Waals surface area (Å²) in [5.41, 5.74) is 6.91. The van der Waals surface area contributed by atoms with Gasteiger partial charge in [0.25, 0.3) is 0 Å². The van der Waals surface area contributed by atoms with Gasteiger partial charge in [-0.2, -0.15) is 0 Å². The molecule has 0 radical (unpaired) electrons. The first kappa shape index (κ1) is 11.2. The number of halogens is 2. The molecule has 4 heteroatoms. The van der Waals surface area contributed by atoms with Crippen molar-refractivity contribution in [2.45, 2.75) is 19.4 Å². The Balaban J connectivity index is 0.000001000. The van der Waals surface area contributed by atoms with E-state index in [0.717, 1.165) is 16.3 Å². The van der Waals surface area contributed by atoms with Crippen LogP contribution in [0.5, 0.6) is 0 Å². The summed E-state index contributed by atoms with van der Waals surface area (Å²) in [4.78, 5) is 0. The van der Waals surface area contributed by atoms with Crippen molar-refractivity contribution in [3.63, 3.8) is 0 Å². The lowest BCUT2D eigenvalue weighted by Gasteiger charge is -2.03. The zero-order valence-corrected chi connectivity index (χ0v) is 8.60. The van der Waals surface area contributed by atoms with Crippen LogP contribution in [-0.4, -0.2) is 0 Å². The van der Waals surface area contributed by atoms with Gasteiger partial charge in [-0.25, -0.2) is 0 Å². The number of rotatable bonds is 2. The second-order valence-electron chi connectivity index (χ2n) is 2.20. The first-order valence-corrected chi connectivity index (χ1v) is 4.49. The summed E-state index contributed by atoms with van der Waals surface area (Å²) in [5.74, 6) is 0. The average molecular weight is 212 g/mol. The third kappa shape index (κ3) is 2.99. The number of nitrogens with two attached hydrogens (primary N) is 1. The van der Waals surface area contributed by atoms with Crippen LogP contribution in [0.2, 0.25) is 4.34 Å². The molecule has 1 heterocycles. The van der Waals surface area contributed by atoms with Gasteiger partial charge in [-0.15, -0.1) is 23.7 Å². The molecule has 64 valence electrons. The Morgan fingerprint density at radius 1 is 1.73 bits per heavy atom. The molecule has 0 bridgehead atoms. The number of hydrogen-bond acceptors (Lipinski definition) is 2. The zero-order valence-electron chi connectivity index (χ0n) is 6.21. The summed E-state index contributed by atoms with van der Waals surface area (Å²) >= 11 is 7.26. The lowest BCUT2D eigenvalue weighted by Crippen LogP contribution is -2.06. The van der Waals surface area contributed by atoms with Crippen LogP contribution in [0, 0.1) is 0 Å². The van der Waals surface area contributed by atoms with E-state index in [0.29, 0.717) is 0 Å². The Morgan fingerprint density at radius 2 is 2.36 bits per heavy atom. The highest BCUT2D eigenvalue weighted by molar-refractivity contribution is 7.14. The lowest BCUT2D eigenvalue weighted by molar-refractivity contribution is 0.701. The van der Waals surface area contributed by atoms with E-state index in [1.807, 2.05) is 11.4 Å². The molecule has 0 aliphatic rings. The first-order chi connectivity index (χ1) is 4.74. The van der Waals surface area contributed by atoms with Crippen molar-refractivity contribution in [1.82, 2.24) is 0 Å². The smallest absolute Gasteiger partial charge is 0.0931 e. The third-order valence-electron chi connectivity index (χ3n) is 1.46. The molecule has 1 aromatic heterocycles. The molecule has 0 spiro atoms. The molecule has 0 saturated heterocycles. The highest BCUT2D eigenvalue weighted by Gasteiger charge is 2.04. The zero-order chi connectivity index (χ0) is 7.56. The molecule has 11 heavy (non-hydrogen) atoms. The predicted molar refractivity (Wildman–Crippen MR) is 53.8 cm³/mol. The Labute approximate surface area is 82.0 Å². The largest absolute Gasteiger partial charge is 0.324 e. The molecule has 0 aliphatic heterocycles. The standard InChI is InChI=1S/C7H10ClNS.ClH/c1-2-6(9)5-3-7(8)10-4-5;/h3-4,6H,2,9H2,1H3;1H/t6-;/m1./s1. The molecular formula is C7H11Cl2NS. The van der Waals surface area contributed by atoms with E-state index in [4.69, 9.17) is 17.3 Å². The van der Waals surface area contributed by atoms with Gasteiger partial charge in [0.2, 0.25) is 0 Å². The van der Waals surface area contributed by atoms with Crippen LogP contribution in [0.25, 0.3) is 0 Å². The minimum Gasteiger partial charge on any atom is -0.324 e. The maximum Gasteiger partial charge on any atom is 0.0931 e. The van der Waals surface area contributed by atoms with E-state index in [-0.39, 0.29) is 18.4 Å². The van der Waals surface area contributed by atoms with Crippen molar-refractivity contribution >= 4 is 35.3 Å². The third-order valence-corrected chi connectivity index (χ3v) is 2.57. The van der Waals surface area contributed by atoms with Crippen LogP contribution in [0.15, 0.2) is 11.4 Å². The maximum absolute atomic E-state index is 5.76. The van der Waals surface area contributed by atoms with Crippen LogP contribution < -0.4 is 5.73 Å². The second kappa shape index (κ2) is 4.99. The van der Waals surface area contributed by atoms with E-state index in [9.17, 15) is 0 Å². The summed E-state index contributed by atoms with van der Waals surface area (Å²) in [6, 6.07) is 2.09. The van der Waals surface area contributed by atoms with Crippen LogP contribution in [-0.2, 0) is 0 Å². The predicted octanol–water partition coefficient (Wildman–Crippen LogP) is 3.23. The maximum atomic E-state index is 5.76.